The number of aliphatic carboxylic acids is 1. The molecule has 0 spiro atoms. The van der Waals surface area contributed by atoms with Crippen LogP contribution >= 0.6 is 0 Å². The van der Waals surface area contributed by atoms with E-state index in [1.807, 2.05) is 34.6 Å². The Labute approximate surface area is 341 Å². The normalized spacial score (nSPS) is 15.3. The quantitative estimate of drug-likeness (QED) is 0.0212. The molecule has 0 aliphatic rings. The fourth-order valence-electron chi connectivity index (χ4n) is 5.70. The molecule has 17 N–H and O–H groups in total. The van der Waals surface area contributed by atoms with Crippen molar-refractivity contribution >= 4 is 53.3 Å². The highest BCUT2D eigenvalue weighted by Crippen LogP contribution is 2.13. The van der Waals surface area contributed by atoms with Crippen LogP contribution in [-0.4, -0.2) is 114 Å². The molecule has 7 amide bonds. The van der Waals surface area contributed by atoms with E-state index in [0.29, 0.717) is 38.6 Å². The molecule has 0 radical (unpaired) electrons. The number of carboxylic acid groups (broad SMARTS) is 1. The van der Waals surface area contributed by atoms with Crippen molar-refractivity contribution in [1.82, 2.24) is 31.9 Å². The van der Waals surface area contributed by atoms with Gasteiger partial charge in [-0.15, -0.1) is 0 Å². The highest BCUT2D eigenvalue weighted by molar-refractivity contribution is 5.97. The van der Waals surface area contributed by atoms with Crippen LogP contribution in [0, 0.1) is 17.8 Å². The van der Waals surface area contributed by atoms with Gasteiger partial charge < -0.3 is 65.7 Å². The lowest BCUT2D eigenvalue weighted by atomic mass is 9.96. The smallest absolute Gasteiger partial charge is 0.326 e. The van der Waals surface area contributed by atoms with E-state index >= 15 is 0 Å². The van der Waals surface area contributed by atoms with Gasteiger partial charge in [-0.25, -0.2) is 4.79 Å². The highest BCUT2D eigenvalue weighted by atomic mass is 16.4. The van der Waals surface area contributed by atoms with Gasteiger partial charge in [-0.1, -0.05) is 48.0 Å². The summed E-state index contributed by atoms with van der Waals surface area (Å²) in [5.41, 5.74) is 27.7. The van der Waals surface area contributed by atoms with E-state index in [-0.39, 0.29) is 43.6 Å². The Hall–Kier alpha value is -5.05. The van der Waals surface area contributed by atoms with Gasteiger partial charge in [0.25, 0.3) is 0 Å². The number of aliphatic imine (C=N–C) groups is 1. The minimum absolute atomic E-state index is 0.0531. The summed E-state index contributed by atoms with van der Waals surface area (Å²) in [6.45, 7) is 12.8. The molecule has 0 aromatic carbocycles. The number of amides is 7. The van der Waals surface area contributed by atoms with Gasteiger partial charge in [0.15, 0.2) is 5.96 Å². The van der Waals surface area contributed by atoms with Crippen molar-refractivity contribution in [2.24, 2.45) is 51.4 Å². The van der Waals surface area contributed by atoms with Crippen LogP contribution in [0.5, 0.6) is 0 Å². The lowest BCUT2D eigenvalue weighted by Crippen LogP contribution is -2.60. The van der Waals surface area contributed by atoms with Crippen molar-refractivity contribution in [3.63, 3.8) is 0 Å². The summed E-state index contributed by atoms with van der Waals surface area (Å²) in [7, 11) is 0. The van der Waals surface area contributed by atoms with Crippen molar-refractivity contribution in [2.75, 3.05) is 13.1 Å². The number of nitrogens with zero attached hydrogens (tertiary/aromatic N) is 1. The van der Waals surface area contributed by atoms with Gasteiger partial charge in [-0.05, 0) is 76.2 Å². The number of guanidine groups is 1. The SMILES string of the molecule is CC[C@H](C)[C@H](NC(=O)[C@H](CCCN=C(N)N)NC(=O)[C@@H](N)CC(C)C)C(=O)N[C@@H](CC(C)C)C(=O)N[C@@H](C)C(=O)N[C@@H](CC(N)=O)C(=O)N[C@@H](CCCCN)C(=O)O. The molecule has 58 heavy (non-hydrogen) atoms. The Bertz CT molecular complexity index is 1410. The number of carbonyl (C=O) groups excluding carboxylic acids is 7. The molecule has 332 valence electrons. The van der Waals surface area contributed by atoms with Gasteiger partial charge in [0.05, 0.1) is 12.5 Å². The zero-order valence-corrected chi connectivity index (χ0v) is 35.1. The van der Waals surface area contributed by atoms with Crippen LogP contribution < -0.4 is 60.6 Å². The lowest BCUT2D eigenvalue weighted by Gasteiger charge is -2.29. The zero-order valence-electron chi connectivity index (χ0n) is 35.1. The van der Waals surface area contributed by atoms with Crippen LogP contribution in [-0.2, 0) is 38.4 Å². The third kappa shape index (κ3) is 21.5. The molecule has 0 unspecified atom stereocenters. The topological polar surface area (TPSA) is 371 Å². The van der Waals surface area contributed by atoms with Crippen molar-refractivity contribution in [3.8, 4) is 0 Å². The van der Waals surface area contributed by atoms with E-state index in [9.17, 15) is 43.5 Å². The van der Waals surface area contributed by atoms with E-state index in [0.717, 1.165) is 0 Å². The number of primary amides is 1. The largest absolute Gasteiger partial charge is 0.480 e. The number of carbonyl (C=O) groups is 8. The van der Waals surface area contributed by atoms with Crippen LogP contribution in [0.3, 0.4) is 0 Å². The van der Waals surface area contributed by atoms with Crippen LogP contribution in [0.15, 0.2) is 4.99 Å². The summed E-state index contributed by atoms with van der Waals surface area (Å²) in [6, 6.07) is -8.50. The van der Waals surface area contributed by atoms with Crippen LogP contribution in [0.4, 0.5) is 0 Å². The van der Waals surface area contributed by atoms with Crippen molar-refractivity contribution < 1.29 is 43.5 Å². The molecule has 0 aromatic rings. The van der Waals surface area contributed by atoms with Gasteiger partial charge in [-0.2, -0.15) is 0 Å². The average molecular weight is 827 g/mol. The summed E-state index contributed by atoms with van der Waals surface area (Å²) in [5.74, 6) is -7.40. The third-order valence-corrected chi connectivity index (χ3v) is 9.13. The Morgan fingerprint density at radius 3 is 1.64 bits per heavy atom. The molecular formula is C37H70N12O9. The van der Waals surface area contributed by atoms with Crippen molar-refractivity contribution in [3.05, 3.63) is 0 Å². The average Bonchev–Trinajstić information content (AvgIpc) is 3.12. The fraction of sp³-hybridized carbons (Fsp3) is 0.757. The molecular weight excluding hydrogens is 756 g/mol. The molecule has 0 heterocycles. The third-order valence-electron chi connectivity index (χ3n) is 9.13. The monoisotopic (exact) mass is 827 g/mol. The number of carboxylic acids is 1. The molecule has 21 heteroatoms. The van der Waals surface area contributed by atoms with Gasteiger partial charge >= 0.3 is 5.97 Å². The van der Waals surface area contributed by atoms with Gasteiger partial charge in [0.2, 0.25) is 41.4 Å². The molecule has 0 aliphatic heterocycles. The van der Waals surface area contributed by atoms with E-state index in [2.05, 4.69) is 36.9 Å². The molecule has 0 saturated carbocycles. The van der Waals surface area contributed by atoms with E-state index in [1.165, 1.54) is 6.92 Å². The van der Waals surface area contributed by atoms with Crippen molar-refractivity contribution in [2.45, 2.75) is 149 Å². The number of nitrogens with one attached hydrogen (secondary N) is 6. The highest BCUT2D eigenvalue weighted by Gasteiger charge is 2.35. The predicted molar refractivity (Wildman–Crippen MR) is 218 cm³/mol. The summed E-state index contributed by atoms with van der Waals surface area (Å²) in [5, 5.41) is 24.8. The minimum Gasteiger partial charge on any atom is -0.480 e. The van der Waals surface area contributed by atoms with Gasteiger partial charge in [-0.3, -0.25) is 38.6 Å². The first-order valence-corrected chi connectivity index (χ1v) is 19.9. The second-order valence-electron chi connectivity index (χ2n) is 15.5. The number of hydrogen-bond donors (Lipinski definition) is 12. The number of hydrogen-bond acceptors (Lipinski definition) is 11. The minimum atomic E-state index is -1.56. The molecule has 0 rings (SSSR count). The molecule has 21 nitrogen and oxygen atoms in total. The number of rotatable bonds is 29. The summed E-state index contributed by atoms with van der Waals surface area (Å²) >= 11 is 0. The van der Waals surface area contributed by atoms with Gasteiger partial charge in [0.1, 0.15) is 36.3 Å². The van der Waals surface area contributed by atoms with Crippen LogP contribution in [0.2, 0.25) is 0 Å². The first kappa shape index (κ1) is 52.9. The second-order valence-corrected chi connectivity index (χ2v) is 15.5. The first-order valence-electron chi connectivity index (χ1n) is 19.9. The molecule has 0 bridgehead atoms. The molecule has 0 fully saturated rings. The Kier molecular flexibility index (Phi) is 25.2. The van der Waals surface area contributed by atoms with Crippen LogP contribution in [0.1, 0.15) is 106 Å². The zero-order chi connectivity index (χ0) is 44.7. The molecule has 0 aromatic heterocycles. The Morgan fingerprint density at radius 1 is 0.603 bits per heavy atom. The summed E-state index contributed by atoms with van der Waals surface area (Å²) in [4.78, 5) is 108. The predicted octanol–water partition coefficient (Wildman–Crippen LogP) is -2.48. The molecule has 8 atom stereocenters. The van der Waals surface area contributed by atoms with Gasteiger partial charge in [0, 0.05) is 6.54 Å². The van der Waals surface area contributed by atoms with E-state index in [1.54, 1.807) is 6.92 Å². The maximum atomic E-state index is 13.9. The maximum Gasteiger partial charge on any atom is 0.326 e. The summed E-state index contributed by atoms with van der Waals surface area (Å²) in [6.07, 6.45) is 1.67. The Balaban J connectivity index is 6.12. The summed E-state index contributed by atoms with van der Waals surface area (Å²) < 4.78 is 0. The Morgan fingerprint density at radius 2 is 1.12 bits per heavy atom. The number of nitrogens with two attached hydrogens (primary N) is 5. The van der Waals surface area contributed by atoms with Crippen LogP contribution in [0.25, 0.3) is 0 Å². The first-order chi connectivity index (χ1) is 27.0. The maximum absolute atomic E-state index is 13.9. The fourth-order valence-corrected chi connectivity index (χ4v) is 5.70. The number of unbranched alkanes of at least 4 members (excludes halogenated alkanes) is 1. The van der Waals surface area contributed by atoms with Crippen molar-refractivity contribution in [1.29, 1.82) is 0 Å². The van der Waals surface area contributed by atoms with E-state index < -0.39 is 102 Å². The lowest BCUT2D eigenvalue weighted by molar-refractivity contribution is -0.142. The molecule has 0 saturated heterocycles. The standard InChI is InChI=1S/C37H70N12O9/c1-8-21(6)29(49-32(53)24(13-11-15-43-37(41)42)45-31(52)23(39)16-19(2)3)35(56)48-26(17-20(4)5)33(54)44-22(7)30(51)47-27(18-28(40)50)34(55)46-25(36(57)58)12-9-10-14-38/h19-27,29H,8-18,38-39H2,1-7H3,(H2,40,50)(H,44,54)(H,45,52)(H,46,55)(H,47,51)(H,48,56)(H,49,53)(H,57,58)(H4,41,42,43)/t21-,22-,23-,24-,25-,26-,27-,29-/m0/s1. The second kappa shape index (κ2) is 27.6. The molecule has 0 aliphatic carbocycles. The van der Waals surface area contributed by atoms with E-state index in [4.69, 9.17) is 28.7 Å².